The Labute approximate surface area is 135 Å². The van der Waals surface area contributed by atoms with E-state index in [9.17, 15) is 9.59 Å². The minimum atomic E-state index is -0.0915. The molecule has 0 bridgehead atoms. The number of benzene rings is 1. The van der Waals surface area contributed by atoms with Crippen LogP contribution in [0.25, 0.3) is 0 Å². The van der Waals surface area contributed by atoms with E-state index in [4.69, 9.17) is 0 Å². The topological polar surface area (TPSA) is 70.1 Å². The highest BCUT2D eigenvalue weighted by atomic mass is 16.2. The van der Waals surface area contributed by atoms with Gasteiger partial charge >= 0.3 is 6.03 Å². The Balaban J connectivity index is 1.63. The van der Waals surface area contributed by atoms with Gasteiger partial charge in [-0.3, -0.25) is 14.6 Å². The number of H-pyrrole nitrogens is 1. The second-order valence-electron chi connectivity index (χ2n) is 5.93. The predicted octanol–water partition coefficient (Wildman–Crippen LogP) is 1.54. The average Bonchev–Trinajstić information content (AvgIpc) is 2.86. The molecule has 23 heavy (non-hydrogen) atoms. The van der Waals surface area contributed by atoms with Crippen LogP contribution in [0.1, 0.15) is 29.3 Å². The molecule has 1 aromatic heterocycles. The van der Waals surface area contributed by atoms with Crippen molar-refractivity contribution in [1.82, 2.24) is 20.0 Å². The zero-order valence-electron chi connectivity index (χ0n) is 13.6. The van der Waals surface area contributed by atoms with Crippen LogP contribution in [0, 0.1) is 0 Å². The fourth-order valence-electron chi connectivity index (χ4n) is 3.01. The molecule has 1 aliphatic heterocycles. The molecule has 0 spiro atoms. The molecule has 0 radical (unpaired) electrons. The average molecular weight is 314 g/mol. The number of nitrogens with zero attached hydrogens (tertiary/aromatic N) is 2. The summed E-state index contributed by atoms with van der Waals surface area (Å²) in [6.45, 7) is 3.67. The van der Waals surface area contributed by atoms with Crippen LogP contribution >= 0.6 is 0 Å². The maximum Gasteiger partial charge on any atom is 0.318 e. The number of aryl methyl sites for hydroxylation is 2. The number of nitrogens with one attached hydrogen (secondary N) is 2. The number of hydrogen-bond acceptors (Lipinski definition) is 2. The van der Waals surface area contributed by atoms with Gasteiger partial charge in [0, 0.05) is 25.7 Å². The quantitative estimate of drug-likeness (QED) is 0.902. The van der Waals surface area contributed by atoms with Crippen molar-refractivity contribution in [2.75, 3.05) is 6.54 Å². The lowest BCUT2D eigenvalue weighted by molar-refractivity contribution is 0.190. The number of hydrogen-bond donors (Lipinski definition) is 2. The molecule has 122 valence electrons. The van der Waals surface area contributed by atoms with Gasteiger partial charge in [0.2, 0.25) is 0 Å². The van der Waals surface area contributed by atoms with Crippen molar-refractivity contribution < 1.29 is 4.79 Å². The van der Waals surface area contributed by atoms with Gasteiger partial charge in [0.25, 0.3) is 5.56 Å². The van der Waals surface area contributed by atoms with Crippen LogP contribution in [0.5, 0.6) is 0 Å². The molecule has 0 saturated carbocycles. The third-order valence-electron chi connectivity index (χ3n) is 4.40. The molecule has 2 heterocycles. The number of aromatic nitrogens is 2. The highest BCUT2D eigenvalue weighted by molar-refractivity contribution is 5.74. The van der Waals surface area contributed by atoms with Gasteiger partial charge in [0.1, 0.15) is 0 Å². The highest BCUT2D eigenvalue weighted by Gasteiger charge is 2.25. The van der Waals surface area contributed by atoms with E-state index in [1.54, 1.807) is 16.6 Å². The highest BCUT2D eigenvalue weighted by Crippen LogP contribution is 2.15. The van der Waals surface area contributed by atoms with E-state index in [0.717, 1.165) is 23.2 Å². The van der Waals surface area contributed by atoms with Gasteiger partial charge < -0.3 is 10.2 Å². The minimum Gasteiger partial charge on any atom is -0.334 e. The standard InChI is InChI=1S/C17H22N4O2/c1-3-12-5-4-6-13(9-12)10-18-17(23)21-8-7-14-15(11-21)20(2)19-16(14)22/h4-6,9H,3,7-8,10-11H2,1-2H3,(H,18,23)(H,19,22). The number of fused-ring (bicyclic) bond motifs is 1. The van der Waals surface area contributed by atoms with E-state index in [-0.39, 0.29) is 11.6 Å². The van der Waals surface area contributed by atoms with E-state index >= 15 is 0 Å². The molecule has 1 aromatic carbocycles. The van der Waals surface area contributed by atoms with E-state index in [1.165, 1.54) is 5.56 Å². The Morgan fingerprint density at radius 1 is 1.35 bits per heavy atom. The van der Waals surface area contributed by atoms with Gasteiger partial charge in [0.05, 0.1) is 12.2 Å². The SMILES string of the molecule is CCc1cccc(CNC(=O)N2CCc3c(n(C)[nH]c3=O)C2)c1. The molecular weight excluding hydrogens is 292 g/mol. The van der Waals surface area contributed by atoms with Gasteiger partial charge in [-0.15, -0.1) is 0 Å². The van der Waals surface area contributed by atoms with E-state index < -0.39 is 0 Å². The summed E-state index contributed by atoms with van der Waals surface area (Å²) in [6, 6.07) is 8.15. The van der Waals surface area contributed by atoms with Crippen molar-refractivity contribution in [2.24, 2.45) is 7.05 Å². The first kappa shape index (κ1) is 15.4. The molecule has 0 atom stereocenters. The fraction of sp³-hybridized carbons (Fsp3) is 0.412. The number of urea groups is 1. The largest absolute Gasteiger partial charge is 0.334 e. The van der Waals surface area contributed by atoms with Crippen molar-refractivity contribution >= 4 is 6.03 Å². The normalized spacial score (nSPS) is 13.7. The van der Waals surface area contributed by atoms with Gasteiger partial charge in [-0.1, -0.05) is 31.2 Å². The Hall–Kier alpha value is -2.50. The first-order valence-corrected chi connectivity index (χ1v) is 7.95. The van der Waals surface area contributed by atoms with E-state index in [0.29, 0.717) is 26.1 Å². The Morgan fingerprint density at radius 2 is 2.13 bits per heavy atom. The van der Waals surface area contributed by atoms with Gasteiger partial charge in [-0.25, -0.2) is 4.79 Å². The summed E-state index contributed by atoms with van der Waals surface area (Å²) in [4.78, 5) is 25.9. The molecule has 1 aliphatic rings. The molecule has 2 aromatic rings. The molecule has 2 amide bonds. The summed E-state index contributed by atoms with van der Waals surface area (Å²) in [5.41, 5.74) is 4.02. The van der Waals surface area contributed by atoms with Crippen molar-refractivity contribution in [3.05, 3.63) is 57.0 Å². The van der Waals surface area contributed by atoms with Crippen LogP contribution in [-0.2, 0) is 33.0 Å². The second-order valence-corrected chi connectivity index (χ2v) is 5.93. The monoisotopic (exact) mass is 314 g/mol. The van der Waals surface area contributed by atoms with Crippen LogP contribution in [0.4, 0.5) is 4.79 Å². The summed E-state index contributed by atoms with van der Waals surface area (Å²) in [5.74, 6) is 0. The van der Waals surface area contributed by atoms with Gasteiger partial charge in [-0.2, -0.15) is 0 Å². The lowest BCUT2D eigenvalue weighted by Crippen LogP contribution is -2.43. The van der Waals surface area contributed by atoms with Crippen LogP contribution < -0.4 is 10.9 Å². The number of amides is 2. The number of carbonyl (C=O) groups is 1. The number of aromatic amines is 1. The number of carbonyl (C=O) groups excluding carboxylic acids is 1. The minimum absolute atomic E-state index is 0.0426. The Kier molecular flexibility index (Phi) is 4.23. The maximum absolute atomic E-state index is 12.4. The number of rotatable bonds is 3. The lowest BCUT2D eigenvalue weighted by atomic mass is 10.1. The summed E-state index contributed by atoms with van der Waals surface area (Å²) in [5, 5.41) is 5.72. The molecule has 0 aliphatic carbocycles. The van der Waals surface area contributed by atoms with Crippen LogP contribution in [0.2, 0.25) is 0 Å². The predicted molar refractivity (Wildman–Crippen MR) is 88.2 cm³/mol. The summed E-state index contributed by atoms with van der Waals surface area (Å²) >= 11 is 0. The molecule has 6 nitrogen and oxygen atoms in total. The van der Waals surface area contributed by atoms with Gasteiger partial charge in [0.15, 0.2) is 0 Å². The summed E-state index contributed by atoms with van der Waals surface area (Å²) in [6.07, 6.45) is 1.59. The first-order chi connectivity index (χ1) is 11.1. The van der Waals surface area contributed by atoms with Crippen molar-refractivity contribution in [3.63, 3.8) is 0 Å². The molecule has 0 unspecified atom stereocenters. The molecule has 2 N–H and O–H groups in total. The van der Waals surface area contributed by atoms with E-state index in [1.807, 2.05) is 12.1 Å². The van der Waals surface area contributed by atoms with E-state index in [2.05, 4.69) is 29.5 Å². The first-order valence-electron chi connectivity index (χ1n) is 7.95. The third-order valence-corrected chi connectivity index (χ3v) is 4.40. The molecule has 0 fully saturated rings. The van der Waals surface area contributed by atoms with Crippen molar-refractivity contribution in [3.8, 4) is 0 Å². The molecular formula is C17H22N4O2. The zero-order chi connectivity index (χ0) is 16.4. The van der Waals surface area contributed by atoms with Crippen LogP contribution in [-0.4, -0.2) is 27.3 Å². The smallest absolute Gasteiger partial charge is 0.318 e. The fourth-order valence-corrected chi connectivity index (χ4v) is 3.01. The zero-order valence-corrected chi connectivity index (χ0v) is 13.6. The molecule has 0 saturated heterocycles. The molecule has 3 rings (SSSR count). The van der Waals surface area contributed by atoms with Gasteiger partial charge in [-0.05, 0) is 24.0 Å². The molecule has 6 heteroatoms. The van der Waals surface area contributed by atoms with Crippen molar-refractivity contribution in [2.45, 2.75) is 32.9 Å². The third kappa shape index (κ3) is 3.16. The van der Waals surface area contributed by atoms with Crippen molar-refractivity contribution in [1.29, 1.82) is 0 Å². The second kappa shape index (κ2) is 6.32. The summed E-state index contributed by atoms with van der Waals surface area (Å²) in [7, 11) is 1.80. The lowest BCUT2D eigenvalue weighted by Gasteiger charge is -2.27. The van der Waals surface area contributed by atoms with Crippen LogP contribution in [0.3, 0.4) is 0 Å². The summed E-state index contributed by atoms with van der Waals surface area (Å²) < 4.78 is 1.71. The van der Waals surface area contributed by atoms with Crippen LogP contribution in [0.15, 0.2) is 29.1 Å². The Morgan fingerprint density at radius 3 is 2.91 bits per heavy atom. The Bertz CT molecular complexity index is 775. The maximum atomic E-state index is 12.4.